The third-order valence-electron chi connectivity index (χ3n) is 2.29. The first-order valence-electron chi connectivity index (χ1n) is 5.39. The molecule has 0 aliphatic rings. The Labute approximate surface area is 114 Å². The molecule has 2 rings (SSSR count). The fraction of sp³-hybridized carbons (Fsp3) is 0. The van der Waals surface area contributed by atoms with Crippen molar-refractivity contribution in [1.29, 1.82) is 0 Å². The normalized spacial score (nSPS) is 10.6. The maximum Gasteiger partial charge on any atom is 0.271 e. The molecular formula is C13H10ClN3O2. The van der Waals surface area contributed by atoms with E-state index in [2.05, 4.69) is 15.5 Å². The molecule has 6 heteroatoms. The molecule has 1 heterocycles. The zero-order valence-electron chi connectivity index (χ0n) is 9.75. The fourth-order valence-electron chi connectivity index (χ4n) is 1.34. The van der Waals surface area contributed by atoms with Crippen LogP contribution >= 0.6 is 11.6 Å². The summed E-state index contributed by atoms with van der Waals surface area (Å²) in [6.45, 7) is 0. The number of hydrogen-bond donors (Lipinski definition) is 2. The van der Waals surface area contributed by atoms with Crippen LogP contribution in [0.5, 0.6) is 5.75 Å². The van der Waals surface area contributed by atoms with Crippen molar-refractivity contribution in [3.8, 4) is 5.75 Å². The molecule has 19 heavy (non-hydrogen) atoms. The Morgan fingerprint density at radius 3 is 2.74 bits per heavy atom. The highest BCUT2D eigenvalue weighted by Crippen LogP contribution is 2.22. The highest BCUT2D eigenvalue weighted by Gasteiger charge is 2.02. The van der Waals surface area contributed by atoms with Gasteiger partial charge in [-0.1, -0.05) is 11.6 Å². The van der Waals surface area contributed by atoms with Gasteiger partial charge in [-0.25, -0.2) is 5.43 Å². The van der Waals surface area contributed by atoms with Crippen LogP contribution in [0, 0.1) is 0 Å². The van der Waals surface area contributed by atoms with Gasteiger partial charge in [0.25, 0.3) is 5.91 Å². The summed E-state index contributed by atoms with van der Waals surface area (Å²) in [6, 6.07) is 7.79. The van der Waals surface area contributed by atoms with Crippen molar-refractivity contribution in [2.24, 2.45) is 5.10 Å². The number of phenolic OH excluding ortho intramolecular Hbond substituents is 1. The van der Waals surface area contributed by atoms with Crippen molar-refractivity contribution in [1.82, 2.24) is 10.4 Å². The molecule has 0 bridgehead atoms. The van der Waals surface area contributed by atoms with Gasteiger partial charge >= 0.3 is 0 Å². The molecule has 1 amide bonds. The number of pyridine rings is 1. The van der Waals surface area contributed by atoms with E-state index in [0.717, 1.165) is 0 Å². The maximum absolute atomic E-state index is 11.6. The van der Waals surface area contributed by atoms with Crippen LogP contribution in [-0.4, -0.2) is 22.2 Å². The number of benzene rings is 1. The van der Waals surface area contributed by atoms with Gasteiger partial charge in [0.05, 0.1) is 11.2 Å². The molecule has 0 radical (unpaired) electrons. The highest BCUT2D eigenvalue weighted by molar-refractivity contribution is 6.32. The second kappa shape index (κ2) is 5.97. The van der Waals surface area contributed by atoms with Crippen LogP contribution in [0.3, 0.4) is 0 Å². The largest absolute Gasteiger partial charge is 0.506 e. The average Bonchev–Trinajstić information content (AvgIpc) is 2.43. The Morgan fingerprint density at radius 2 is 2.05 bits per heavy atom. The van der Waals surface area contributed by atoms with Gasteiger partial charge in [0.15, 0.2) is 0 Å². The maximum atomic E-state index is 11.6. The summed E-state index contributed by atoms with van der Waals surface area (Å²) in [7, 11) is 0. The van der Waals surface area contributed by atoms with Crippen LogP contribution in [0.1, 0.15) is 15.9 Å². The van der Waals surface area contributed by atoms with E-state index < -0.39 is 0 Å². The number of nitrogens with one attached hydrogen (secondary N) is 1. The summed E-state index contributed by atoms with van der Waals surface area (Å²) in [5.74, 6) is -0.330. The van der Waals surface area contributed by atoms with Crippen molar-refractivity contribution in [3.05, 3.63) is 58.9 Å². The van der Waals surface area contributed by atoms with E-state index in [1.807, 2.05) is 0 Å². The summed E-state index contributed by atoms with van der Waals surface area (Å²) in [6.07, 6.45) is 4.49. The lowest BCUT2D eigenvalue weighted by Gasteiger charge is -1.99. The summed E-state index contributed by atoms with van der Waals surface area (Å²) in [5.41, 5.74) is 3.51. The lowest BCUT2D eigenvalue weighted by molar-refractivity contribution is 0.0955. The molecule has 0 saturated carbocycles. The van der Waals surface area contributed by atoms with Gasteiger partial charge in [0.2, 0.25) is 0 Å². The van der Waals surface area contributed by atoms with Gasteiger partial charge < -0.3 is 5.11 Å². The van der Waals surface area contributed by atoms with E-state index in [9.17, 15) is 9.90 Å². The Morgan fingerprint density at radius 1 is 1.32 bits per heavy atom. The Hall–Kier alpha value is -2.40. The van der Waals surface area contributed by atoms with Gasteiger partial charge in [-0.3, -0.25) is 9.78 Å². The molecule has 0 saturated heterocycles. The number of hydrazone groups is 1. The molecule has 0 atom stereocenters. The molecule has 0 spiro atoms. The topological polar surface area (TPSA) is 74.6 Å². The SMILES string of the molecule is O=C(N/N=C\c1ccc(O)c(Cl)c1)c1ccncc1. The predicted octanol–water partition coefficient (Wildman–Crippen LogP) is 2.20. The van der Waals surface area contributed by atoms with Crippen LogP contribution in [-0.2, 0) is 0 Å². The molecular weight excluding hydrogens is 266 g/mol. The van der Waals surface area contributed by atoms with Gasteiger partial charge in [0.1, 0.15) is 5.75 Å². The molecule has 1 aromatic carbocycles. The summed E-state index contributed by atoms with van der Waals surface area (Å²) in [4.78, 5) is 15.5. The number of amides is 1. The number of aromatic nitrogens is 1. The van der Waals surface area contributed by atoms with E-state index in [4.69, 9.17) is 11.6 Å². The van der Waals surface area contributed by atoms with E-state index in [-0.39, 0.29) is 16.7 Å². The standard InChI is InChI=1S/C13H10ClN3O2/c14-11-7-9(1-2-12(11)18)8-16-17-13(19)10-3-5-15-6-4-10/h1-8,18H,(H,17,19)/b16-8-. The molecule has 0 unspecified atom stereocenters. The minimum Gasteiger partial charge on any atom is -0.506 e. The van der Waals surface area contributed by atoms with Crippen molar-refractivity contribution in [2.75, 3.05) is 0 Å². The van der Waals surface area contributed by atoms with Crippen molar-refractivity contribution < 1.29 is 9.90 Å². The first-order valence-corrected chi connectivity index (χ1v) is 5.76. The smallest absolute Gasteiger partial charge is 0.271 e. The van der Waals surface area contributed by atoms with Gasteiger partial charge in [-0.05, 0) is 35.9 Å². The Balaban J connectivity index is 2.00. The van der Waals surface area contributed by atoms with Crippen molar-refractivity contribution in [3.63, 3.8) is 0 Å². The number of carbonyl (C=O) groups is 1. The number of nitrogens with zero attached hydrogens (tertiary/aromatic N) is 2. The Bertz CT molecular complexity index is 615. The summed E-state index contributed by atoms with van der Waals surface area (Å²) in [5, 5.41) is 13.3. The first-order chi connectivity index (χ1) is 9.16. The number of phenols is 1. The second-order valence-corrected chi connectivity index (χ2v) is 4.05. The van der Waals surface area contributed by atoms with Crippen LogP contribution in [0.4, 0.5) is 0 Å². The quantitative estimate of drug-likeness (QED) is 0.666. The van der Waals surface area contributed by atoms with Crippen LogP contribution in [0.15, 0.2) is 47.8 Å². The van der Waals surface area contributed by atoms with Gasteiger partial charge in [0, 0.05) is 18.0 Å². The summed E-state index contributed by atoms with van der Waals surface area (Å²) >= 11 is 5.75. The van der Waals surface area contributed by atoms with Crippen LogP contribution in [0.25, 0.3) is 0 Å². The lowest BCUT2D eigenvalue weighted by atomic mass is 10.2. The predicted molar refractivity (Wildman–Crippen MR) is 72.4 cm³/mol. The number of hydrogen-bond acceptors (Lipinski definition) is 4. The molecule has 1 aromatic heterocycles. The van der Waals surface area contributed by atoms with E-state index in [1.165, 1.54) is 24.7 Å². The molecule has 96 valence electrons. The monoisotopic (exact) mass is 275 g/mol. The van der Waals surface area contributed by atoms with Crippen LogP contribution < -0.4 is 5.43 Å². The molecule has 2 aromatic rings. The molecule has 2 N–H and O–H groups in total. The zero-order valence-corrected chi connectivity index (χ0v) is 10.5. The van der Waals surface area contributed by atoms with Crippen LogP contribution in [0.2, 0.25) is 5.02 Å². The summed E-state index contributed by atoms with van der Waals surface area (Å²) < 4.78 is 0. The third kappa shape index (κ3) is 3.53. The Kier molecular flexibility index (Phi) is 4.10. The highest BCUT2D eigenvalue weighted by atomic mass is 35.5. The van der Waals surface area contributed by atoms with Crippen molar-refractivity contribution >= 4 is 23.7 Å². The van der Waals surface area contributed by atoms with E-state index >= 15 is 0 Å². The molecule has 5 nitrogen and oxygen atoms in total. The minimum absolute atomic E-state index is 0.000335. The number of halogens is 1. The molecule has 0 aliphatic carbocycles. The third-order valence-corrected chi connectivity index (χ3v) is 2.60. The first kappa shape index (κ1) is 13.0. The molecule has 0 fully saturated rings. The lowest BCUT2D eigenvalue weighted by Crippen LogP contribution is -2.17. The van der Waals surface area contributed by atoms with E-state index in [0.29, 0.717) is 11.1 Å². The van der Waals surface area contributed by atoms with Crippen molar-refractivity contribution in [2.45, 2.75) is 0 Å². The van der Waals surface area contributed by atoms with Gasteiger partial charge in [-0.2, -0.15) is 5.10 Å². The number of carbonyl (C=O) groups excluding carboxylic acids is 1. The second-order valence-electron chi connectivity index (χ2n) is 3.65. The zero-order chi connectivity index (χ0) is 13.7. The fourth-order valence-corrected chi connectivity index (χ4v) is 1.53. The minimum atomic E-state index is -0.330. The average molecular weight is 276 g/mol. The number of rotatable bonds is 3. The molecule has 0 aliphatic heterocycles. The van der Waals surface area contributed by atoms with Gasteiger partial charge in [-0.15, -0.1) is 0 Å². The van der Waals surface area contributed by atoms with E-state index in [1.54, 1.807) is 24.3 Å². The number of aromatic hydroxyl groups is 1.